The number of hydrogen-bond donors (Lipinski definition) is 1. The molecular formula is C10H10ClN5O. The summed E-state index contributed by atoms with van der Waals surface area (Å²) in [6.45, 7) is 0. The molecule has 0 atom stereocenters. The lowest BCUT2D eigenvalue weighted by Crippen LogP contribution is -2.13. The first-order valence-corrected chi connectivity index (χ1v) is 5.76. The Kier molecular flexibility index (Phi) is 2.44. The highest BCUT2D eigenvalue weighted by atomic mass is 35.5. The molecule has 1 aliphatic rings. The van der Waals surface area contributed by atoms with E-state index >= 15 is 0 Å². The average Bonchev–Trinajstić information content (AvgIpc) is 2.96. The number of nitrogens with one attached hydrogen (secondary N) is 1. The summed E-state index contributed by atoms with van der Waals surface area (Å²) in [6.07, 6.45) is 5.81. The predicted molar refractivity (Wildman–Crippen MR) is 61.8 cm³/mol. The summed E-state index contributed by atoms with van der Waals surface area (Å²) in [5.41, 5.74) is 1.05. The summed E-state index contributed by atoms with van der Waals surface area (Å²) in [4.78, 5) is 15.6. The van der Waals surface area contributed by atoms with Crippen LogP contribution >= 0.6 is 11.6 Å². The second-order valence-corrected chi connectivity index (χ2v) is 4.50. The van der Waals surface area contributed by atoms with Crippen LogP contribution in [-0.2, 0) is 4.79 Å². The number of nitrogens with zero attached hydrogens (tertiary/aromatic N) is 4. The van der Waals surface area contributed by atoms with Crippen LogP contribution in [0.5, 0.6) is 0 Å². The highest BCUT2D eigenvalue weighted by Crippen LogP contribution is 2.32. The molecule has 7 heteroatoms. The lowest BCUT2D eigenvalue weighted by atomic mass is 10.3. The average molecular weight is 252 g/mol. The second kappa shape index (κ2) is 3.96. The van der Waals surface area contributed by atoms with Crippen molar-refractivity contribution in [3.8, 4) is 0 Å². The van der Waals surface area contributed by atoms with Crippen LogP contribution in [0.3, 0.4) is 0 Å². The highest BCUT2D eigenvalue weighted by Gasteiger charge is 2.24. The van der Waals surface area contributed by atoms with Gasteiger partial charge in [0.25, 0.3) is 0 Å². The fraction of sp³-hybridized carbons (Fsp3) is 0.400. The van der Waals surface area contributed by atoms with Gasteiger partial charge in [0.2, 0.25) is 11.2 Å². The molecule has 0 spiro atoms. The molecule has 1 N–H and O–H groups in total. The summed E-state index contributed by atoms with van der Waals surface area (Å²) in [5.74, 6) is 0.533. The van der Waals surface area contributed by atoms with E-state index in [0.29, 0.717) is 23.7 Å². The first kappa shape index (κ1) is 10.5. The summed E-state index contributed by atoms with van der Waals surface area (Å²) < 4.78 is 1.52. The van der Waals surface area contributed by atoms with Crippen LogP contribution < -0.4 is 5.32 Å². The Morgan fingerprint density at radius 1 is 1.59 bits per heavy atom. The molecule has 0 radical (unpaired) electrons. The quantitative estimate of drug-likeness (QED) is 0.840. The molecule has 0 saturated heterocycles. The van der Waals surface area contributed by atoms with E-state index in [-0.39, 0.29) is 11.2 Å². The third kappa shape index (κ3) is 2.08. The fourth-order valence-corrected chi connectivity index (χ4v) is 1.84. The van der Waals surface area contributed by atoms with Crippen LogP contribution in [0.2, 0.25) is 5.28 Å². The Morgan fingerprint density at radius 2 is 2.41 bits per heavy atom. The lowest BCUT2D eigenvalue weighted by molar-refractivity contribution is -0.116. The van der Waals surface area contributed by atoms with E-state index in [0.717, 1.165) is 12.8 Å². The number of halogens is 1. The Balaban J connectivity index is 1.86. The van der Waals surface area contributed by atoms with Crippen LogP contribution in [0, 0.1) is 5.92 Å². The Bertz CT molecular complexity index is 577. The van der Waals surface area contributed by atoms with E-state index in [1.54, 1.807) is 0 Å². The zero-order chi connectivity index (χ0) is 11.8. The zero-order valence-corrected chi connectivity index (χ0v) is 9.68. The van der Waals surface area contributed by atoms with Crippen molar-refractivity contribution in [3.05, 3.63) is 17.8 Å². The summed E-state index contributed by atoms with van der Waals surface area (Å²) >= 11 is 5.86. The van der Waals surface area contributed by atoms with Crippen molar-refractivity contribution in [2.24, 2.45) is 5.92 Å². The standard InChI is InChI=1S/C10H10ClN5O/c11-10-12-4-7(9-15-13-5-16(9)10)14-8(17)3-6-1-2-6/h4-6H,1-3H2,(H,14,17). The largest absolute Gasteiger partial charge is 0.322 e. The summed E-state index contributed by atoms with van der Waals surface area (Å²) in [5, 5.41) is 10.7. The molecule has 2 heterocycles. The molecule has 3 rings (SSSR count). The molecule has 0 bridgehead atoms. The van der Waals surface area contributed by atoms with Gasteiger partial charge in [-0.05, 0) is 30.4 Å². The maximum atomic E-state index is 11.7. The van der Waals surface area contributed by atoms with Crippen LogP contribution in [-0.4, -0.2) is 25.5 Å². The van der Waals surface area contributed by atoms with Gasteiger partial charge in [0.1, 0.15) is 12.0 Å². The molecule has 2 aromatic rings. The van der Waals surface area contributed by atoms with Crippen molar-refractivity contribution in [1.82, 2.24) is 19.6 Å². The maximum absolute atomic E-state index is 11.7. The number of anilines is 1. The Morgan fingerprint density at radius 3 is 3.18 bits per heavy atom. The van der Waals surface area contributed by atoms with Crippen molar-refractivity contribution in [2.45, 2.75) is 19.3 Å². The smallest absolute Gasteiger partial charge is 0.224 e. The normalized spacial score (nSPS) is 15.1. The van der Waals surface area contributed by atoms with E-state index in [1.165, 1.54) is 16.9 Å². The number of rotatable bonds is 3. The van der Waals surface area contributed by atoms with Crippen LogP contribution in [0.4, 0.5) is 5.69 Å². The molecule has 0 aliphatic heterocycles. The second-order valence-electron chi connectivity index (χ2n) is 4.16. The topological polar surface area (TPSA) is 72.2 Å². The number of carbonyl (C=O) groups is 1. The van der Waals surface area contributed by atoms with Crippen molar-refractivity contribution in [2.75, 3.05) is 5.32 Å². The van der Waals surface area contributed by atoms with E-state index in [1.807, 2.05) is 0 Å². The third-order valence-electron chi connectivity index (χ3n) is 2.73. The van der Waals surface area contributed by atoms with Gasteiger partial charge in [0.05, 0.1) is 6.20 Å². The van der Waals surface area contributed by atoms with Gasteiger partial charge in [-0.3, -0.25) is 9.20 Å². The number of fused-ring (bicyclic) bond motifs is 1. The Labute approximate surface area is 102 Å². The summed E-state index contributed by atoms with van der Waals surface area (Å²) in [6, 6.07) is 0. The minimum Gasteiger partial charge on any atom is -0.322 e. The molecule has 17 heavy (non-hydrogen) atoms. The molecule has 0 unspecified atom stereocenters. The van der Waals surface area contributed by atoms with Crippen molar-refractivity contribution >= 4 is 28.8 Å². The molecule has 1 saturated carbocycles. The molecule has 0 aromatic carbocycles. The molecule has 1 amide bonds. The molecule has 1 fully saturated rings. The first-order chi connectivity index (χ1) is 8.24. The fourth-order valence-electron chi connectivity index (χ4n) is 1.67. The highest BCUT2D eigenvalue weighted by molar-refractivity contribution is 6.28. The number of aromatic nitrogens is 4. The number of amides is 1. The van der Waals surface area contributed by atoms with Gasteiger partial charge in [-0.25, -0.2) is 4.98 Å². The zero-order valence-electron chi connectivity index (χ0n) is 8.93. The van der Waals surface area contributed by atoms with Crippen molar-refractivity contribution in [3.63, 3.8) is 0 Å². The number of hydrogen-bond acceptors (Lipinski definition) is 4. The molecule has 2 aromatic heterocycles. The minimum absolute atomic E-state index is 0.0125. The van der Waals surface area contributed by atoms with E-state index < -0.39 is 0 Å². The molecular weight excluding hydrogens is 242 g/mol. The van der Waals surface area contributed by atoms with Gasteiger partial charge in [-0.2, -0.15) is 0 Å². The van der Waals surface area contributed by atoms with Crippen LogP contribution in [0.25, 0.3) is 5.65 Å². The van der Waals surface area contributed by atoms with E-state index in [4.69, 9.17) is 11.6 Å². The van der Waals surface area contributed by atoms with Gasteiger partial charge in [-0.1, -0.05) is 0 Å². The van der Waals surface area contributed by atoms with E-state index in [2.05, 4.69) is 20.5 Å². The molecule has 1 aliphatic carbocycles. The lowest BCUT2D eigenvalue weighted by Gasteiger charge is -2.05. The summed E-state index contributed by atoms with van der Waals surface area (Å²) in [7, 11) is 0. The minimum atomic E-state index is -0.0125. The number of carbonyl (C=O) groups excluding carboxylic acids is 1. The van der Waals surface area contributed by atoms with Crippen LogP contribution in [0.1, 0.15) is 19.3 Å². The molecule has 88 valence electrons. The maximum Gasteiger partial charge on any atom is 0.224 e. The molecule has 6 nitrogen and oxygen atoms in total. The monoisotopic (exact) mass is 251 g/mol. The van der Waals surface area contributed by atoms with Crippen molar-refractivity contribution in [1.29, 1.82) is 0 Å². The van der Waals surface area contributed by atoms with Crippen LogP contribution in [0.15, 0.2) is 12.5 Å². The third-order valence-corrected chi connectivity index (χ3v) is 3.01. The van der Waals surface area contributed by atoms with Gasteiger partial charge in [-0.15, -0.1) is 10.2 Å². The van der Waals surface area contributed by atoms with E-state index in [9.17, 15) is 4.79 Å². The van der Waals surface area contributed by atoms with Gasteiger partial charge < -0.3 is 5.32 Å². The Hall–Kier alpha value is -1.69. The SMILES string of the molecule is O=C(CC1CC1)Nc1cnc(Cl)n2cnnc12. The van der Waals surface area contributed by atoms with Gasteiger partial charge >= 0.3 is 0 Å². The van der Waals surface area contributed by atoms with Gasteiger partial charge in [0.15, 0.2) is 5.65 Å². The van der Waals surface area contributed by atoms with Gasteiger partial charge in [0, 0.05) is 6.42 Å². The van der Waals surface area contributed by atoms with Crippen molar-refractivity contribution < 1.29 is 4.79 Å². The predicted octanol–water partition coefficient (Wildman–Crippen LogP) is 1.52. The first-order valence-electron chi connectivity index (χ1n) is 5.38.